The van der Waals surface area contributed by atoms with Gasteiger partial charge in [0.25, 0.3) is 0 Å². The van der Waals surface area contributed by atoms with Crippen LogP contribution in [-0.2, 0) is 26.1 Å². The molecule has 2 aromatic rings. The summed E-state index contributed by atoms with van der Waals surface area (Å²) in [5.41, 5.74) is -2.71. The van der Waals surface area contributed by atoms with Gasteiger partial charge in [0.15, 0.2) is 0 Å². The first-order valence-electron chi connectivity index (χ1n) is 10.6. The number of carbonyl (C=O) groups is 3. The van der Waals surface area contributed by atoms with Gasteiger partial charge in [0, 0.05) is 17.3 Å². The first-order chi connectivity index (χ1) is 15.7. The average molecular weight is 459 g/mol. The number of alkyl halides is 3. The molecule has 4 atom stereocenters. The second-order valence-electron chi connectivity index (χ2n) is 8.84. The van der Waals surface area contributed by atoms with Gasteiger partial charge in [-0.1, -0.05) is 12.1 Å². The zero-order valence-corrected chi connectivity index (χ0v) is 17.0. The van der Waals surface area contributed by atoms with Crippen LogP contribution in [0.4, 0.5) is 28.9 Å². The van der Waals surface area contributed by atoms with E-state index in [1.54, 1.807) is 4.90 Å². The molecule has 0 aromatic heterocycles. The summed E-state index contributed by atoms with van der Waals surface area (Å²) in [6.45, 7) is 0.417. The van der Waals surface area contributed by atoms with Gasteiger partial charge in [-0.2, -0.15) is 13.2 Å². The number of hydrogen-bond acceptors (Lipinski definition) is 4. The SMILES string of the molecule is O=C1[C@H]2[C@@H](C(=O)N1c1ccccc1C(F)(F)F)[C@]1(C(=O)Nc3ccc(F)cc31)N1CCC[C@@H]21. The molecule has 0 bridgehead atoms. The molecule has 0 radical (unpaired) electrons. The van der Waals surface area contributed by atoms with Crippen LogP contribution in [0, 0.1) is 17.7 Å². The van der Waals surface area contributed by atoms with Crippen molar-refractivity contribution in [2.24, 2.45) is 11.8 Å². The molecule has 3 saturated heterocycles. The number of anilines is 2. The lowest BCUT2D eigenvalue weighted by molar-refractivity contribution is -0.138. The number of rotatable bonds is 1. The molecule has 3 amide bonds. The van der Waals surface area contributed by atoms with Crippen molar-refractivity contribution in [1.82, 2.24) is 4.90 Å². The highest BCUT2D eigenvalue weighted by molar-refractivity contribution is 6.26. The number of amides is 3. The molecule has 0 saturated carbocycles. The zero-order chi connectivity index (χ0) is 23.3. The molecular formula is C23H17F4N3O3. The largest absolute Gasteiger partial charge is 0.418 e. The van der Waals surface area contributed by atoms with Gasteiger partial charge in [-0.05, 0) is 49.7 Å². The summed E-state index contributed by atoms with van der Waals surface area (Å²) in [5, 5.41) is 2.70. The van der Waals surface area contributed by atoms with E-state index in [0.717, 1.165) is 12.1 Å². The maximum atomic E-state index is 14.3. The van der Waals surface area contributed by atoms with E-state index in [1.807, 2.05) is 0 Å². The van der Waals surface area contributed by atoms with E-state index in [4.69, 9.17) is 0 Å². The van der Waals surface area contributed by atoms with Crippen molar-refractivity contribution in [3.63, 3.8) is 0 Å². The summed E-state index contributed by atoms with van der Waals surface area (Å²) in [6, 6.07) is 7.65. The average Bonchev–Trinajstić information content (AvgIpc) is 3.46. The van der Waals surface area contributed by atoms with Gasteiger partial charge < -0.3 is 5.32 Å². The van der Waals surface area contributed by atoms with Crippen LogP contribution in [0.1, 0.15) is 24.0 Å². The molecule has 10 heteroatoms. The predicted octanol–water partition coefficient (Wildman–Crippen LogP) is 3.28. The van der Waals surface area contributed by atoms with Crippen molar-refractivity contribution in [1.29, 1.82) is 0 Å². The summed E-state index contributed by atoms with van der Waals surface area (Å²) in [6.07, 6.45) is -3.63. The second-order valence-corrected chi connectivity index (χ2v) is 8.84. The molecule has 33 heavy (non-hydrogen) atoms. The van der Waals surface area contributed by atoms with Crippen LogP contribution in [0.15, 0.2) is 42.5 Å². The van der Waals surface area contributed by atoms with E-state index < -0.39 is 64.4 Å². The van der Waals surface area contributed by atoms with Gasteiger partial charge in [-0.25, -0.2) is 9.29 Å². The van der Waals surface area contributed by atoms with Crippen molar-refractivity contribution < 1.29 is 31.9 Å². The fraction of sp³-hybridized carbons (Fsp3) is 0.348. The normalized spacial score (nSPS) is 30.7. The first-order valence-corrected chi connectivity index (χ1v) is 10.6. The molecule has 1 N–H and O–H groups in total. The number of carbonyl (C=O) groups excluding carboxylic acids is 3. The van der Waals surface area contributed by atoms with Gasteiger partial charge in [0.2, 0.25) is 17.7 Å². The Balaban J connectivity index is 1.56. The van der Waals surface area contributed by atoms with Crippen molar-refractivity contribution in [3.8, 4) is 0 Å². The van der Waals surface area contributed by atoms with E-state index in [0.29, 0.717) is 30.0 Å². The van der Waals surface area contributed by atoms with Crippen LogP contribution in [0.5, 0.6) is 0 Å². The van der Waals surface area contributed by atoms with Gasteiger partial charge in [-0.3, -0.25) is 19.3 Å². The molecule has 6 nitrogen and oxygen atoms in total. The number of hydrogen-bond donors (Lipinski definition) is 1. The first kappa shape index (κ1) is 20.3. The summed E-state index contributed by atoms with van der Waals surface area (Å²) in [4.78, 5) is 43.1. The van der Waals surface area contributed by atoms with Crippen LogP contribution >= 0.6 is 0 Å². The molecule has 3 fully saturated rings. The third kappa shape index (κ3) is 2.39. The minimum absolute atomic E-state index is 0.249. The van der Waals surface area contributed by atoms with E-state index in [-0.39, 0.29) is 5.56 Å². The Labute approximate surface area is 185 Å². The summed E-state index contributed by atoms with van der Waals surface area (Å²) >= 11 is 0. The molecule has 2 aromatic carbocycles. The molecule has 4 aliphatic heterocycles. The standard InChI is InChI=1S/C23H17F4N3O3/c24-11-7-8-14-13(10-11)22(21(33)28-14)18-17(16-6-3-9-29(16)22)19(31)30(20(18)32)15-5-2-1-4-12(15)23(25,26)27/h1-2,4-5,7-8,10,16-18H,3,6,9H2,(H,28,33)/t16-,17+,18-,22+/m0/s1. The Morgan fingerprint density at radius 1 is 1.03 bits per heavy atom. The lowest BCUT2D eigenvalue weighted by atomic mass is 9.75. The van der Waals surface area contributed by atoms with E-state index in [2.05, 4.69) is 5.32 Å². The maximum absolute atomic E-state index is 14.3. The molecule has 0 unspecified atom stereocenters. The summed E-state index contributed by atoms with van der Waals surface area (Å²) < 4.78 is 55.4. The van der Waals surface area contributed by atoms with Crippen LogP contribution in [-0.4, -0.2) is 35.2 Å². The quantitative estimate of drug-likeness (QED) is 0.525. The Morgan fingerprint density at radius 2 is 1.79 bits per heavy atom. The minimum atomic E-state index is -4.79. The fourth-order valence-electron chi connectivity index (χ4n) is 6.32. The lowest BCUT2D eigenvalue weighted by Gasteiger charge is -2.36. The molecule has 170 valence electrons. The highest BCUT2D eigenvalue weighted by atomic mass is 19.4. The molecule has 4 heterocycles. The predicted molar refractivity (Wildman–Crippen MR) is 107 cm³/mol. The second kappa shape index (κ2) is 6.40. The lowest BCUT2D eigenvalue weighted by Crippen LogP contribution is -2.54. The van der Waals surface area contributed by atoms with Crippen LogP contribution in [0.25, 0.3) is 0 Å². The third-order valence-electron chi connectivity index (χ3n) is 7.40. The monoisotopic (exact) mass is 459 g/mol. The fourth-order valence-corrected chi connectivity index (χ4v) is 6.32. The number of para-hydroxylation sites is 1. The Hall–Kier alpha value is -3.27. The smallest absolute Gasteiger partial charge is 0.324 e. The van der Waals surface area contributed by atoms with Gasteiger partial charge in [-0.15, -0.1) is 0 Å². The molecule has 6 rings (SSSR count). The minimum Gasteiger partial charge on any atom is -0.324 e. The van der Waals surface area contributed by atoms with E-state index >= 15 is 0 Å². The van der Waals surface area contributed by atoms with Crippen molar-refractivity contribution >= 4 is 29.1 Å². The van der Waals surface area contributed by atoms with Gasteiger partial charge in [0.05, 0.1) is 23.1 Å². The highest BCUT2D eigenvalue weighted by Crippen LogP contribution is 2.61. The number of nitrogens with one attached hydrogen (secondary N) is 1. The van der Waals surface area contributed by atoms with Crippen molar-refractivity contribution in [2.45, 2.75) is 30.6 Å². The summed E-state index contributed by atoms with van der Waals surface area (Å²) in [5.74, 6) is -5.05. The number of benzene rings is 2. The maximum Gasteiger partial charge on any atom is 0.418 e. The van der Waals surface area contributed by atoms with Crippen LogP contribution in [0.3, 0.4) is 0 Å². The molecule has 4 aliphatic rings. The number of halogens is 4. The Bertz CT molecular complexity index is 1250. The molecular weight excluding hydrogens is 442 g/mol. The topological polar surface area (TPSA) is 69.7 Å². The van der Waals surface area contributed by atoms with Crippen molar-refractivity contribution in [3.05, 3.63) is 59.4 Å². The Morgan fingerprint density at radius 3 is 2.55 bits per heavy atom. The van der Waals surface area contributed by atoms with Crippen LogP contribution < -0.4 is 10.2 Å². The molecule has 0 aliphatic carbocycles. The van der Waals surface area contributed by atoms with Crippen molar-refractivity contribution in [2.75, 3.05) is 16.8 Å². The Kier molecular flexibility index (Phi) is 3.95. The van der Waals surface area contributed by atoms with Gasteiger partial charge in [0.1, 0.15) is 11.4 Å². The highest BCUT2D eigenvalue weighted by Gasteiger charge is 2.74. The van der Waals surface area contributed by atoms with Gasteiger partial charge >= 0.3 is 6.18 Å². The summed E-state index contributed by atoms with van der Waals surface area (Å²) in [7, 11) is 0. The van der Waals surface area contributed by atoms with E-state index in [9.17, 15) is 31.9 Å². The third-order valence-corrected chi connectivity index (χ3v) is 7.40. The number of imide groups is 1. The number of fused-ring (bicyclic) bond motifs is 7. The molecule has 1 spiro atoms. The van der Waals surface area contributed by atoms with Crippen LogP contribution in [0.2, 0.25) is 0 Å². The van der Waals surface area contributed by atoms with E-state index in [1.165, 1.54) is 30.3 Å². The number of nitrogens with zero attached hydrogens (tertiary/aromatic N) is 2. The zero-order valence-electron chi connectivity index (χ0n) is 17.0.